The number of nitrogen functional groups attached to an aromatic ring is 1. The predicted molar refractivity (Wildman–Crippen MR) is 63.7 cm³/mol. The lowest BCUT2D eigenvalue weighted by molar-refractivity contribution is 0.741. The van der Waals surface area contributed by atoms with Gasteiger partial charge in [0.2, 0.25) is 0 Å². The minimum atomic E-state index is 0.514. The van der Waals surface area contributed by atoms with Crippen LogP contribution in [0.3, 0.4) is 0 Å². The third-order valence-electron chi connectivity index (χ3n) is 2.40. The van der Waals surface area contributed by atoms with Crippen molar-refractivity contribution in [1.29, 1.82) is 0 Å². The highest BCUT2D eigenvalue weighted by atomic mass is 79.9. The second kappa shape index (κ2) is 4.18. The zero-order valence-corrected chi connectivity index (χ0v) is 10.2. The normalized spacial score (nSPS) is 11.1. The van der Waals surface area contributed by atoms with Crippen molar-refractivity contribution in [2.75, 3.05) is 5.73 Å². The molecule has 5 heteroatoms. The maximum atomic E-state index is 5.80. The van der Waals surface area contributed by atoms with Crippen LogP contribution in [0.2, 0.25) is 0 Å². The molecule has 0 fully saturated rings. The molecule has 0 aliphatic rings. The Labute approximate surface area is 96.6 Å². The summed E-state index contributed by atoms with van der Waals surface area (Å²) in [5.41, 5.74) is 7.84. The number of hydrogen-bond acceptors (Lipinski definition) is 3. The van der Waals surface area contributed by atoms with Gasteiger partial charge in [-0.2, -0.15) is 5.10 Å². The van der Waals surface area contributed by atoms with Gasteiger partial charge in [-0.3, -0.25) is 0 Å². The molecule has 0 aliphatic carbocycles. The van der Waals surface area contributed by atoms with E-state index < -0.39 is 0 Å². The van der Waals surface area contributed by atoms with Gasteiger partial charge in [-0.1, -0.05) is 13.3 Å². The molecule has 2 rings (SSSR count). The van der Waals surface area contributed by atoms with Gasteiger partial charge in [-0.05, 0) is 34.8 Å². The number of fused-ring (bicyclic) bond motifs is 1. The largest absolute Gasteiger partial charge is 0.382 e. The number of rotatable bonds is 3. The topological polar surface area (TPSA) is 56.2 Å². The standard InChI is InChI=1S/C10H13BrN4/c1-2-3-4-7-5-8(11)9-10(12)13-6-14-15(7)9/h5-6H,2-4H2,1H3,(H2,12,13,14). The third kappa shape index (κ3) is 1.84. The number of hydrogen-bond donors (Lipinski definition) is 1. The first kappa shape index (κ1) is 10.4. The fourth-order valence-electron chi connectivity index (χ4n) is 1.62. The molecular formula is C10H13BrN4. The van der Waals surface area contributed by atoms with Gasteiger partial charge in [0.15, 0.2) is 5.82 Å². The number of halogens is 1. The molecule has 0 atom stereocenters. The number of anilines is 1. The molecular weight excluding hydrogens is 256 g/mol. The molecule has 2 aromatic heterocycles. The van der Waals surface area contributed by atoms with E-state index in [1.807, 2.05) is 4.52 Å². The lowest BCUT2D eigenvalue weighted by Crippen LogP contribution is -2.02. The van der Waals surface area contributed by atoms with Crippen LogP contribution >= 0.6 is 15.9 Å². The molecule has 2 heterocycles. The SMILES string of the molecule is CCCCc1cc(Br)c2c(N)ncnn12. The molecule has 0 aromatic carbocycles. The Kier molecular flexibility index (Phi) is 2.90. The van der Waals surface area contributed by atoms with Crippen LogP contribution in [-0.4, -0.2) is 14.6 Å². The van der Waals surface area contributed by atoms with E-state index >= 15 is 0 Å². The van der Waals surface area contributed by atoms with Crippen LogP contribution in [0.25, 0.3) is 5.52 Å². The molecule has 0 spiro atoms. The third-order valence-corrected chi connectivity index (χ3v) is 3.00. The first-order valence-electron chi connectivity index (χ1n) is 5.00. The molecule has 0 saturated heterocycles. The van der Waals surface area contributed by atoms with Gasteiger partial charge in [-0.15, -0.1) is 0 Å². The Hall–Kier alpha value is -1.10. The number of nitrogens with two attached hydrogens (primary N) is 1. The van der Waals surface area contributed by atoms with Crippen molar-refractivity contribution in [2.45, 2.75) is 26.2 Å². The molecule has 0 radical (unpaired) electrons. The van der Waals surface area contributed by atoms with Crippen LogP contribution in [0.1, 0.15) is 25.5 Å². The van der Waals surface area contributed by atoms with Crippen LogP contribution in [-0.2, 0) is 6.42 Å². The summed E-state index contributed by atoms with van der Waals surface area (Å²) in [7, 11) is 0. The highest BCUT2D eigenvalue weighted by Crippen LogP contribution is 2.25. The summed E-state index contributed by atoms with van der Waals surface area (Å²) in [5.74, 6) is 0.514. The molecule has 0 saturated carbocycles. The summed E-state index contributed by atoms with van der Waals surface area (Å²) in [4.78, 5) is 3.98. The fraction of sp³-hybridized carbons (Fsp3) is 0.400. The van der Waals surface area contributed by atoms with Crippen LogP contribution < -0.4 is 5.73 Å². The van der Waals surface area contributed by atoms with E-state index in [4.69, 9.17) is 5.73 Å². The summed E-state index contributed by atoms with van der Waals surface area (Å²) in [6.07, 6.45) is 4.83. The Morgan fingerprint density at radius 2 is 2.33 bits per heavy atom. The fourth-order valence-corrected chi connectivity index (χ4v) is 2.26. The quantitative estimate of drug-likeness (QED) is 0.930. The molecule has 0 amide bonds. The molecule has 2 N–H and O–H groups in total. The first-order chi connectivity index (χ1) is 7.24. The summed E-state index contributed by atoms with van der Waals surface area (Å²) < 4.78 is 2.83. The summed E-state index contributed by atoms with van der Waals surface area (Å²) in [6.45, 7) is 2.17. The van der Waals surface area contributed by atoms with Gasteiger partial charge in [0.05, 0.1) is 0 Å². The van der Waals surface area contributed by atoms with Crippen molar-refractivity contribution in [1.82, 2.24) is 14.6 Å². The van der Waals surface area contributed by atoms with Gasteiger partial charge >= 0.3 is 0 Å². The molecule has 0 aliphatic heterocycles. The monoisotopic (exact) mass is 268 g/mol. The van der Waals surface area contributed by atoms with Gasteiger partial charge in [-0.25, -0.2) is 9.50 Å². The molecule has 0 bridgehead atoms. The molecule has 4 nitrogen and oxygen atoms in total. The maximum absolute atomic E-state index is 5.80. The van der Waals surface area contributed by atoms with Crippen LogP contribution in [0.4, 0.5) is 5.82 Å². The number of aromatic nitrogens is 3. The number of unbranched alkanes of at least 4 members (excludes halogenated alkanes) is 1. The van der Waals surface area contributed by atoms with Crippen molar-refractivity contribution in [3.05, 3.63) is 22.6 Å². The summed E-state index contributed by atoms with van der Waals surface area (Å²) in [6, 6.07) is 2.07. The predicted octanol–water partition coefficient (Wildman–Crippen LogP) is 2.42. The summed E-state index contributed by atoms with van der Waals surface area (Å²) in [5, 5.41) is 4.21. The maximum Gasteiger partial charge on any atom is 0.152 e. The lowest BCUT2D eigenvalue weighted by atomic mass is 10.2. The zero-order valence-electron chi connectivity index (χ0n) is 8.57. The Morgan fingerprint density at radius 3 is 3.07 bits per heavy atom. The Balaban J connectivity index is 2.53. The zero-order chi connectivity index (χ0) is 10.8. The van der Waals surface area contributed by atoms with E-state index in [1.165, 1.54) is 18.4 Å². The first-order valence-corrected chi connectivity index (χ1v) is 5.80. The Bertz CT molecular complexity index is 477. The highest BCUT2D eigenvalue weighted by Gasteiger charge is 2.10. The van der Waals surface area contributed by atoms with Crippen LogP contribution in [0, 0.1) is 0 Å². The molecule has 2 aromatic rings. The Morgan fingerprint density at radius 1 is 1.53 bits per heavy atom. The van der Waals surface area contributed by atoms with E-state index in [0.717, 1.165) is 22.8 Å². The van der Waals surface area contributed by atoms with Crippen molar-refractivity contribution >= 4 is 27.3 Å². The minimum Gasteiger partial charge on any atom is -0.382 e. The van der Waals surface area contributed by atoms with Crippen LogP contribution in [0.15, 0.2) is 16.9 Å². The van der Waals surface area contributed by atoms with Crippen molar-refractivity contribution < 1.29 is 0 Å². The molecule has 15 heavy (non-hydrogen) atoms. The molecule has 0 unspecified atom stereocenters. The van der Waals surface area contributed by atoms with Crippen LogP contribution in [0.5, 0.6) is 0 Å². The molecule has 80 valence electrons. The average Bonchev–Trinajstić information content (AvgIpc) is 2.54. The van der Waals surface area contributed by atoms with E-state index in [2.05, 4.69) is 39.0 Å². The van der Waals surface area contributed by atoms with Crippen molar-refractivity contribution in [2.24, 2.45) is 0 Å². The average molecular weight is 269 g/mol. The van der Waals surface area contributed by atoms with Gasteiger partial charge < -0.3 is 5.73 Å². The number of aryl methyl sites for hydroxylation is 1. The lowest BCUT2D eigenvalue weighted by Gasteiger charge is -2.01. The van der Waals surface area contributed by atoms with Gasteiger partial charge in [0, 0.05) is 10.2 Å². The van der Waals surface area contributed by atoms with Gasteiger partial charge in [0.25, 0.3) is 0 Å². The van der Waals surface area contributed by atoms with E-state index in [9.17, 15) is 0 Å². The minimum absolute atomic E-state index is 0.514. The van der Waals surface area contributed by atoms with E-state index in [1.54, 1.807) is 0 Å². The summed E-state index contributed by atoms with van der Waals surface area (Å²) >= 11 is 3.48. The van der Waals surface area contributed by atoms with Crippen molar-refractivity contribution in [3.63, 3.8) is 0 Å². The smallest absolute Gasteiger partial charge is 0.152 e. The van der Waals surface area contributed by atoms with E-state index in [-0.39, 0.29) is 0 Å². The second-order valence-electron chi connectivity index (χ2n) is 3.49. The second-order valence-corrected chi connectivity index (χ2v) is 4.35. The van der Waals surface area contributed by atoms with E-state index in [0.29, 0.717) is 5.82 Å². The van der Waals surface area contributed by atoms with Gasteiger partial charge in [0.1, 0.15) is 11.8 Å². The highest BCUT2D eigenvalue weighted by molar-refractivity contribution is 9.10. The number of nitrogens with zero attached hydrogens (tertiary/aromatic N) is 3. The van der Waals surface area contributed by atoms with Crippen molar-refractivity contribution in [3.8, 4) is 0 Å².